The average molecular weight is 659 g/mol. The van der Waals surface area contributed by atoms with Crippen LogP contribution in [0.2, 0.25) is 0 Å². The van der Waals surface area contributed by atoms with E-state index in [0.29, 0.717) is 6.61 Å². The summed E-state index contributed by atoms with van der Waals surface area (Å²) in [5.41, 5.74) is 1.28. The molecule has 0 fully saturated rings. The number of hydrogen-bond donors (Lipinski definition) is 5. The minimum absolute atomic E-state index is 0.0688. The second-order valence-corrected chi connectivity index (χ2v) is 15.7. The molecule has 45 heavy (non-hydrogen) atoms. The zero-order chi connectivity index (χ0) is 34.2. The van der Waals surface area contributed by atoms with E-state index in [1.807, 2.05) is 6.07 Å². The van der Waals surface area contributed by atoms with Crippen LogP contribution in [0.3, 0.4) is 0 Å². The topological polar surface area (TPSA) is 120 Å². The third-order valence-electron chi connectivity index (χ3n) is 8.37. The van der Waals surface area contributed by atoms with E-state index < -0.39 is 40.4 Å². The summed E-state index contributed by atoms with van der Waals surface area (Å²) in [6, 6.07) is 6.31. The number of benzene rings is 1. The third-order valence-corrected chi connectivity index (χ3v) is 9.13. The quantitative estimate of drug-likeness (QED) is 0.0555. The van der Waals surface area contributed by atoms with Crippen molar-refractivity contribution in [3.63, 3.8) is 0 Å². The summed E-state index contributed by atoms with van der Waals surface area (Å²) in [6.07, 6.45) is 21.6. The number of hydrogen-bond acceptors (Lipinski definition) is 7. The van der Waals surface area contributed by atoms with E-state index in [1.165, 1.54) is 95.5 Å². The summed E-state index contributed by atoms with van der Waals surface area (Å²) in [7, 11) is -1.90. The van der Waals surface area contributed by atoms with E-state index in [-0.39, 0.29) is 10.8 Å². The Morgan fingerprint density at radius 2 is 0.978 bits per heavy atom. The van der Waals surface area contributed by atoms with Gasteiger partial charge in [0.05, 0.1) is 38.4 Å². The van der Waals surface area contributed by atoms with Gasteiger partial charge in [0.1, 0.15) is 5.75 Å². The second kappa shape index (κ2) is 25.3. The Balaban J connectivity index is 0.00000186. The summed E-state index contributed by atoms with van der Waals surface area (Å²) < 4.78 is 11.5. The molecule has 266 valence electrons. The lowest BCUT2D eigenvalue weighted by Crippen LogP contribution is -2.37. The molecule has 7 nitrogen and oxygen atoms in total. The minimum atomic E-state index is -1.90. The van der Waals surface area contributed by atoms with Gasteiger partial charge in [-0.1, -0.05) is 157 Å². The molecule has 8 heteroatoms. The molecule has 5 N–H and O–H groups in total. The highest BCUT2D eigenvalue weighted by Gasteiger charge is 2.27. The lowest BCUT2D eigenvalue weighted by atomic mass is 9.80. The first-order valence-corrected chi connectivity index (χ1v) is 18.8. The van der Waals surface area contributed by atoms with E-state index in [0.717, 1.165) is 24.2 Å². The van der Waals surface area contributed by atoms with Crippen molar-refractivity contribution in [2.75, 3.05) is 33.0 Å². The fraction of sp³-hybridized carbons (Fsp3) is 0.838. The number of unbranched alkanes of at least 4 members (excludes halogenated alkanes) is 15. The van der Waals surface area contributed by atoms with Gasteiger partial charge >= 0.3 is 8.60 Å². The first kappa shape index (κ1) is 44.2. The molecule has 1 aromatic carbocycles. The molecule has 0 aliphatic rings. The Morgan fingerprint density at radius 3 is 1.31 bits per heavy atom. The SMILES string of the molecule is CCCCCCCCCCCCCCCCCCOP(O)Oc1ccc(C(C)(C)C)cc1C(C)(C)C.OCC(CO)(CO)CO. The fourth-order valence-corrected chi connectivity index (χ4v) is 5.53. The maximum absolute atomic E-state index is 10.4. The van der Waals surface area contributed by atoms with Crippen LogP contribution >= 0.6 is 8.60 Å². The van der Waals surface area contributed by atoms with Crippen molar-refractivity contribution in [3.8, 4) is 5.75 Å². The Hall–Kier alpha value is -0.790. The summed E-state index contributed by atoms with van der Waals surface area (Å²) in [5.74, 6) is 0.732. The highest BCUT2D eigenvalue weighted by molar-refractivity contribution is 7.41. The van der Waals surface area contributed by atoms with E-state index in [9.17, 15) is 4.89 Å². The molecule has 0 aliphatic heterocycles. The Kier molecular flexibility index (Phi) is 24.8. The standard InChI is InChI=1S/C32H59O3P.C5H12O4/c1-8-9-10-11-12-13-14-15-16-17-18-19-20-21-22-23-26-34-36(33)35-30-25-24-28(31(2,3)4)27-29(30)32(5,6)7;6-1-5(2-7,3-8)4-9/h24-25,27,33H,8-23,26H2,1-7H3;6-9H,1-4H2. The Bertz CT molecular complexity index is 814. The van der Waals surface area contributed by atoms with Gasteiger partial charge in [0, 0.05) is 5.56 Å². The Morgan fingerprint density at radius 1 is 0.578 bits per heavy atom. The van der Waals surface area contributed by atoms with Gasteiger partial charge in [-0.15, -0.1) is 0 Å². The predicted octanol–water partition coefficient (Wildman–Crippen LogP) is 9.10. The third kappa shape index (κ3) is 20.9. The average Bonchev–Trinajstić information content (AvgIpc) is 2.99. The van der Waals surface area contributed by atoms with Crippen LogP contribution in [-0.4, -0.2) is 58.4 Å². The molecule has 0 bridgehead atoms. The summed E-state index contributed by atoms with van der Waals surface area (Å²) >= 11 is 0. The van der Waals surface area contributed by atoms with Crippen LogP contribution in [-0.2, 0) is 15.4 Å². The van der Waals surface area contributed by atoms with Crippen LogP contribution in [0.15, 0.2) is 18.2 Å². The molecular weight excluding hydrogens is 587 g/mol. The number of aliphatic hydroxyl groups is 4. The summed E-state index contributed by atoms with van der Waals surface area (Å²) in [6.45, 7) is 14.4. The molecule has 1 unspecified atom stereocenters. The van der Waals surface area contributed by atoms with Crippen molar-refractivity contribution in [1.29, 1.82) is 0 Å². The zero-order valence-corrected chi connectivity index (χ0v) is 31.0. The second-order valence-electron chi connectivity index (χ2n) is 14.8. The first-order valence-electron chi connectivity index (χ1n) is 17.7. The molecule has 0 amide bonds. The monoisotopic (exact) mass is 658 g/mol. The maximum Gasteiger partial charge on any atom is 0.394 e. The van der Waals surface area contributed by atoms with Crippen LogP contribution in [0.4, 0.5) is 0 Å². The Labute approximate surface area is 278 Å². The van der Waals surface area contributed by atoms with Crippen molar-refractivity contribution in [2.45, 2.75) is 162 Å². The smallest absolute Gasteiger partial charge is 0.394 e. The van der Waals surface area contributed by atoms with E-state index in [1.54, 1.807) is 0 Å². The van der Waals surface area contributed by atoms with Crippen LogP contribution in [0, 0.1) is 5.41 Å². The van der Waals surface area contributed by atoms with Crippen LogP contribution in [0.5, 0.6) is 5.75 Å². The van der Waals surface area contributed by atoms with E-state index >= 15 is 0 Å². The van der Waals surface area contributed by atoms with E-state index in [2.05, 4.69) is 60.6 Å². The number of aliphatic hydroxyl groups excluding tert-OH is 4. The van der Waals surface area contributed by atoms with Gasteiger partial charge in [-0.2, -0.15) is 0 Å². The van der Waals surface area contributed by atoms with Gasteiger partial charge in [0.2, 0.25) is 0 Å². The van der Waals surface area contributed by atoms with Crippen molar-refractivity contribution < 1.29 is 34.4 Å². The molecule has 1 aromatic rings. The predicted molar refractivity (Wildman–Crippen MR) is 190 cm³/mol. The maximum atomic E-state index is 10.4. The van der Waals surface area contributed by atoms with Crippen LogP contribution in [0.25, 0.3) is 0 Å². The molecule has 0 aromatic heterocycles. The molecule has 0 saturated heterocycles. The highest BCUT2D eigenvalue weighted by Crippen LogP contribution is 2.42. The lowest BCUT2D eigenvalue weighted by Gasteiger charge is -2.27. The molecule has 0 saturated carbocycles. The molecule has 0 aliphatic carbocycles. The van der Waals surface area contributed by atoms with Crippen molar-refractivity contribution in [2.24, 2.45) is 5.41 Å². The van der Waals surface area contributed by atoms with Crippen molar-refractivity contribution >= 4 is 8.60 Å². The summed E-state index contributed by atoms with van der Waals surface area (Å²) in [5, 5.41) is 34.0. The van der Waals surface area contributed by atoms with Gasteiger partial charge < -0.3 is 34.4 Å². The van der Waals surface area contributed by atoms with Crippen molar-refractivity contribution in [1.82, 2.24) is 0 Å². The van der Waals surface area contributed by atoms with Crippen LogP contribution < -0.4 is 4.52 Å². The summed E-state index contributed by atoms with van der Waals surface area (Å²) in [4.78, 5) is 10.4. The normalized spacial score (nSPS) is 13.0. The zero-order valence-electron chi connectivity index (χ0n) is 30.1. The van der Waals surface area contributed by atoms with Crippen LogP contribution in [0.1, 0.15) is 162 Å². The minimum Gasteiger partial charge on any atom is -0.427 e. The number of rotatable bonds is 24. The van der Waals surface area contributed by atoms with Gasteiger partial charge in [0.15, 0.2) is 0 Å². The molecule has 0 spiro atoms. The molecule has 0 heterocycles. The van der Waals surface area contributed by atoms with E-state index in [4.69, 9.17) is 29.5 Å². The van der Waals surface area contributed by atoms with Crippen molar-refractivity contribution in [3.05, 3.63) is 29.3 Å². The molecule has 1 rings (SSSR count). The molecular formula is C37H71O7P. The largest absolute Gasteiger partial charge is 0.427 e. The van der Waals surface area contributed by atoms with Gasteiger partial charge in [0.25, 0.3) is 0 Å². The van der Waals surface area contributed by atoms with Gasteiger partial charge in [-0.05, 0) is 28.9 Å². The molecule has 1 atom stereocenters. The lowest BCUT2D eigenvalue weighted by molar-refractivity contribution is -0.0328. The first-order chi connectivity index (χ1) is 21.3. The molecule has 0 radical (unpaired) electrons. The fourth-order valence-electron chi connectivity index (χ4n) is 4.87. The van der Waals surface area contributed by atoms with Gasteiger partial charge in [-0.3, -0.25) is 0 Å². The highest BCUT2D eigenvalue weighted by atomic mass is 31.2. The van der Waals surface area contributed by atoms with Gasteiger partial charge in [-0.25, -0.2) is 0 Å².